The van der Waals surface area contributed by atoms with Crippen LogP contribution in [0.5, 0.6) is 0 Å². The SMILES string of the molecule is CC1(C)c2cc(-c3ccc4c(c3)c3ccccc3n4-c3cccc(-c4nc(-c5ccccc5)nc(-c5ccccc5)n4)c3)ccc2-c2ccc3ocnc3c21. The van der Waals surface area contributed by atoms with Crippen LogP contribution in [0.1, 0.15) is 25.0 Å². The van der Waals surface area contributed by atoms with Gasteiger partial charge in [0.15, 0.2) is 29.4 Å². The lowest BCUT2D eigenvalue weighted by atomic mass is 9.81. The fourth-order valence-corrected chi connectivity index (χ4v) is 8.55. The number of aromatic nitrogens is 5. The van der Waals surface area contributed by atoms with Gasteiger partial charge in [-0.3, -0.25) is 0 Å². The standard InChI is InChI=1S/C49H33N5O/c1-49(2)40-28-33(20-22-36(40)38-23-25-43-45(44(38)49)50-29-55-43)32-21-24-42-39(27-32)37-18-9-10-19-41(37)54(42)35-17-11-16-34(26-35)48-52-46(30-12-5-3-6-13-30)51-47(53-48)31-14-7-4-8-15-31/h3-29H,1-2H3. The van der Waals surface area contributed by atoms with Crippen molar-refractivity contribution in [2.75, 3.05) is 0 Å². The van der Waals surface area contributed by atoms with E-state index in [1.165, 1.54) is 44.2 Å². The van der Waals surface area contributed by atoms with Crippen molar-refractivity contribution in [1.29, 1.82) is 0 Å². The summed E-state index contributed by atoms with van der Waals surface area (Å²) in [5, 5.41) is 2.40. The highest BCUT2D eigenvalue weighted by Gasteiger charge is 2.38. The van der Waals surface area contributed by atoms with Crippen LogP contribution in [0.3, 0.4) is 0 Å². The van der Waals surface area contributed by atoms with Gasteiger partial charge in [-0.2, -0.15) is 0 Å². The smallest absolute Gasteiger partial charge is 0.181 e. The Kier molecular flexibility index (Phi) is 6.79. The van der Waals surface area contributed by atoms with Crippen LogP contribution in [-0.2, 0) is 5.41 Å². The molecule has 3 aromatic heterocycles. The molecule has 11 rings (SSSR count). The molecule has 260 valence electrons. The van der Waals surface area contributed by atoms with E-state index in [2.05, 4.69) is 114 Å². The summed E-state index contributed by atoms with van der Waals surface area (Å²) in [4.78, 5) is 19.5. The number of oxazole rings is 1. The van der Waals surface area contributed by atoms with E-state index in [1.54, 1.807) is 6.39 Å². The Balaban J connectivity index is 1.03. The van der Waals surface area contributed by atoms with Crippen molar-refractivity contribution >= 4 is 32.9 Å². The average molecular weight is 708 g/mol. The number of nitrogens with zero attached hydrogens (tertiary/aromatic N) is 5. The molecule has 0 saturated heterocycles. The molecule has 0 atom stereocenters. The lowest BCUT2D eigenvalue weighted by Crippen LogP contribution is -2.15. The van der Waals surface area contributed by atoms with Crippen molar-refractivity contribution < 1.29 is 4.42 Å². The first-order chi connectivity index (χ1) is 27.0. The topological polar surface area (TPSA) is 69.6 Å². The number of hydrogen-bond acceptors (Lipinski definition) is 5. The Morgan fingerprint density at radius 2 is 1.11 bits per heavy atom. The summed E-state index contributed by atoms with van der Waals surface area (Å²) in [5.41, 5.74) is 15.1. The first-order valence-electron chi connectivity index (χ1n) is 18.5. The van der Waals surface area contributed by atoms with E-state index in [9.17, 15) is 0 Å². The van der Waals surface area contributed by atoms with E-state index in [0.717, 1.165) is 44.5 Å². The molecule has 1 aliphatic carbocycles. The maximum Gasteiger partial charge on any atom is 0.181 e. The first kappa shape index (κ1) is 31.4. The predicted octanol–water partition coefficient (Wildman–Crippen LogP) is 12.1. The minimum atomic E-state index is -0.218. The highest BCUT2D eigenvalue weighted by Crippen LogP contribution is 2.52. The summed E-state index contributed by atoms with van der Waals surface area (Å²) in [6.45, 7) is 4.59. The van der Waals surface area contributed by atoms with Gasteiger partial charge in [0.25, 0.3) is 0 Å². The minimum Gasteiger partial charge on any atom is -0.443 e. The summed E-state index contributed by atoms with van der Waals surface area (Å²) in [7, 11) is 0. The van der Waals surface area contributed by atoms with Crippen molar-refractivity contribution in [2.24, 2.45) is 0 Å². The van der Waals surface area contributed by atoms with Crippen molar-refractivity contribution in [3.8, 4) is 62.1 Å². The Bertz CT molecular complexity index is 3070. The van der Waals surface area contributed by atoms with Gasteiger partial charge in [-0.25, -0.2) is 19.9 Å². The molecule has 6 nitrogen and oxygen atoms in total. The number of hydrogen-bond donors (Lipinski definition) is 0. The zero-order valence-corrected chi connectivity index (χ0v) is 30.2. The van der Waals surface area contributed by atoms with Gasteiger partial charge >= 0.3 is 0 Å². The molecule has 1 aliphatic rings. The molecule has 3 heterocycles. The molecule has 0 radical (unpaired) electrons. The van der Waals surface area contributed by atoms with Gasteiger partial charge in [-0.15, -0.1) is 0 Å². The summed E-state index contributed by atoms with van der Waals surface area (Å²) in [5.74, 6) is 1.91. The lowest BCUT2D eigenvalue weighted by Gasteiger charge is -2.22. The first-order valence-corrected chi connectivity index (χ1v) is 18.5. The molecule has 7 aromatic carbocycles. The van der Waals surface area contributed by atoms with Crippen molar-refractivity contribution in [3.63, 3.8) is 0 Å². The Morgan fingerprint density at radius 1 is 0.491 bits per heavy atom. The minimum absolute atomic E-state index is 0.218. The number of rotatable bonds is 5. The number of para-hydroxylation sites is 1. The van der Waals surface area contributed by atoms with E-state index in [4.69, 9.17) is 19.4 Å². The van der Waals surface area contributed by atoms with Crippen LogP contribution in [0, 0.1) is 0 Å². The van der Waals surface area contributed by atoms with Gasteiger partial charge in [-0.05, 0) is 75.8 Å². The molecule has 0 N–H and O–H groups in total. The summed E-state index contributed by atoms with van der Waals surface area (Å²) in [6.07, 6.45) is 1.55. The van der Waals surface area contributed by atoms with Crippen molar-refractivity contribution in [3.05, 3.63) is 175 Å². The highest BCUT2D eigenvalue weighted by molar-refractivity contribution is 6.10. The zero-order chi connectivity index (χ0) is 36.7. The van der Waals surface area contributed by atoms with E-state index >= 15 is 0 Å². The highest BCUT2D eigenvalue weighted by atomic mass is 16.3. The molecule has 0 bridgehead atoms. The summed E-state index contributed by atoms with van der Waals surface area (Å²) >= 11 is 0. The summed E-state index contributed by atoms with van der Waals surface area (Å²) < 4.78 is 8.04. The van der Waals surface area contributed by atoms with Crippen molar-refractivity contribution in [1.82, 2.24) is 24.5 Å². The molecule has 0 unspecified atom stereocenters. The molecule has 10 aromatic rings. The fraction of sp³-hybridized carbons (Fsp3) is 0.0612. The zero-order valence-electron chi connectivity index (χ0n) is 30.2. The second-order valence-corrected chi connectivity index (χ2v) is 14.7. The Labute approximate surface area is 317 Å². The van der Waals surface area contributed by atoms with Crippen LogP contribution in [0.15, 0.2) is 169 Å². The molecular formula is C49H33N5O. The monoisotopic (exact) mass is 707 g/mol. The Hall–Kier alpha value is -7.18. The van der Waals surface area contributed by atoms with Gasteiger partial charge in [-0.1, -0.05) is 129 Å². The fourth-order valence-electron chi connectivity index (χ4n) is 8.55. The van der Waals surface area contributed by atoms with Crippen LogP contribution < -0.4 is 0 Å². The van der Waals surface area contributed by atoms with E-state index in [1.807, 2.05) is 66.7 Å². The van der Waals surface area contributed by atoms with E-state index in [-0.39, 0.29) is 5.41 Å². The maximum absolute atomic E-state index is 5.69. The normalized spacial score (nSPS) is 13.1. The van der Waals surface area contributed by atoms with E-state index in [0.29, 0.717) is 17.5 Å². The van der Waals surface area contributed by atoms with E-state index < -0.39 is 0 Å². The molecule has 55 heavy (non-hydrogen) atoms. The average Bonchev–Trinajstić information content (AvgIpc) is 3.92. The largest absolute Gasteiger partial charge is 0.443 e. The third kappa shape index (κ3) is 4.88. The molecule has 0 fully saturated rings. The van der Waals surface area contributed by atoms with Gasteiger partial charge in [0, 0.05) is 38.6 Å². The predicted molar refractivity (Wildman–Crippen MR) is 221 cm³/mol. The van der Waals surface area contributed by atoms with Gasteiger partial charge in [0.1, 0.15) is 5.52 Å². The molecular weight excluding hydrogens is 675 g/mol. The number of benzene rings is 7. The summed E-state index contributed by atoms with van der Waals surface area (Å²) in [6, 6.07) is 55.3. The quantitative estimate of drug-likeness (QED) is 0.178. The molecule has 0 amide bonds. The van der Waals surface area contributed by atoms with Crippen LogP contribution in [0.2, 0.25) is 0 Å². The second kappa shape index (κ2) is 11.9. The van der Waals surface area contributed by atoms with Gasteiger partial charge in [0.2, 0.25) is 0 Å². The van der Waals surface area contributed by atoms with Crippen molar-refractivity contribution in [2.45, 2.75) is 19.3 Å². The van der Waals surface area contributed by atoms with Crippen LogP contribution in [0.25, 0.3) is 95.0 Å². The second-order valence-electron chi connectivity index (χ2n) is 14.7. The molecule has 0 saturated carbocycles. The van der Waals surface area contributed by atoms with Crippen LogP contribution in [-0.4, -0.2) is 24.5 Å². The Morgan fingerprint density at radius 3 is 1.87 bits per heavy atom. The van der Waals surface area contributed by atoms with Crippen LogP contribution in [0.4, 0.5) is 0 Å². The van der Waals surface area contributed by atoms with Gasteiger partial charge < -0.3 is 8.98 Å². The van der Waals surface area contributed by atoms with Gasteiger partial charge in [0.05, 0.1) is 11.0 Å². The molecule has 0 aliphatic heterocycles. The molecule has 0 spiro atoms. The lowest BCUT2D eigenvalue weighted by molar-refractivity contribution is 0.602. The third-order valence-corrected chi connectivity index (χ3v) is 11.2. The third-order valence-electron chi connectivity index (χ3n) is 11.2. The number of fused-ring (bicyclic) bond motifs is 8. The molecule has 6 heteroatoms. The van der Waals surface area contributed by atoms with Crippen LogP contribution >= 0.6 is 0 Å². The maximum atomic E-state index is 5.69.